The monoisotopic (exact) mass is 231 g/mol. The van der Waals surface area contributed by atoms with Crippen LogP contribution in [0.4, 0.5) is 13.2 Å². The summed E-state index contributed by atoms with van der Waals surface area (Å²) in [5.41, 5.74) is 0.669. The Bertz CT molecular complexity index is 348. The van der Waals surface area contributed by atoms with Gasteiger partial charge >= 0.3 is 12.1 Å². The molecule has 1 rings (SSSR count). The second-order valence-electron chi connectivity index (χ2n) is 3.34. The van der Waals surface area contributed by atoms with Crippen LogP contribution in [0, 0.1) is 0 Å². The molecular formula is C11H12F3NO. The van der Waals surface area contributed by atoms with Crippen molar-refractivity contribution in [3.05, 3.63) is 35.9 Å². The van der Waals surface area contributed by atoms with Gasteiger partial charge in [0.25, 0.3) is 0 Å². The van der Waals surface area contributed by atoms with Crippen LogP contribution in [0.25, 0.3) is 0 Å². The first-order chi connectivity index (χ1) is 7.45. The number of benzene rings is 1. The number of halogens is 3. The fourth-order valence-corrected chi connectivity index (χ4v) is 1.35. The van der Waals surface area contributed by atoms with E-state index in [2.05, 4.69) is 0 Å². The molecule has 16 heavy (non-hydrogen) atoms. The normalized spacial score (nSPS) is 13.2. The smallest absolute Gasteiger partial charge is 0.341 e. The summed E-state index contributed by atoms with van der Waals surface area (Å²) in [4.78, 5) is 10.8. The molecule has 88 valence electrons. The molecule has 0 aromatic heterocycles. The number of hydrogen-bond donors (Lipinski definition) is 1. The van der Waals surface area contributed by atoms with Crippen molar-refractivity contribution in [2.45, 2.75) is 25.6 Å². The lowest BCUT2D eigenvalue weighted by atomic mass is 10.0. The summed E-state index contributed by atoms with van der Waals surface area (Å²) in [6.07, 6.45) is -4.42. The van der Waals surface area contributed by atoms with Crippen molar-refractivity contribution < 1.29 is 18.0 Å². The van der Waals surface area contributed by atoms with Crippen LogP contribution in [0.1, 0.15) is 24.9 Å². The Morgan fingerprint density at radius 3 is 2.31 bits per heavy atom. The molecule has 1 atom stereocenters. The number of carbonyl (C=O) groups is 1. The second-order valence-corrected chi connectivity index (χ2v) is 3.34. The van der Waals surface area contributed by atoms with Gasteiger partial charge in [-0.15, -0.1) is 0 Å². The Kier molecular flexibility index (Phi) is 3.93. The topological polar surface area (TPSA) is 29.1 Å². The Balaban J connectivity index is 2.75. The first kappa shape index (κ1) is 12.5. The molecule has 0 spiro atoms. The Labute approximate surface area is 91.5 Å². The molecule has 0 radical (unpaired) electrons. The first-order valence-electron chi connectivity index (χ1n) is 4.87. The lowest BCUT2D eigenvalue weighted by Crippen LogP contribution is -2.38. The second kappa shape index (κ2) is 5.01. The number of alkyl halides is 3. The lowest BCUT2D eigenvalue weighted by Gasteiger charge is -2.18. The molecule has 1 aromatic rings. The van der Waals surface area contributed by atoms with Crippen LogP contribution >= 0.6 is 0 Å². The fourth-order valence-electron chi connectivity index (χ4n) is 1.35. The van der Waals surface area contributed by atoms with Gasteiger partial charge in [0, 0.05) is 0 Å². The number of amides is 1. The highest BCUT2D eigenvalue weighted by Crippen LogP contribution is 2.20. The van der Waals surface area contributed by atoms with E-state index in [1.807, 2.05) is 5.32 Å². The maximum Gasteiger partial charge on any atom is 0.471 e. The number of nitrogens with one attached hydrogen (secondary N) is 1. The minimum absolute atomic E-state index is 0.409. The third-order valence-corrected chi connectivity index (χ3v) is 2.17. The zero-order chi connectivity index (χ0) is 12.2. The van der Waals surface area contributed by atoms with Crippen LogP contribution in [-0.2, 0) is 4.79 Å². The van der Waals surface area contributed by atoms with Crippen molar-refractivity contribution in [2.24, 2.45) is 0 Å². The molecular weight excluding hydrogens is 219 g/mol. The summed E-state index contributed by atoms with van der Waals surface area (Å²) in [5.74, 6) is -1.90. The molecule has 5 heteroatoms. The average Bonchev–Trinajstić information content (AvgIpc) is 2.25. The van der Waals surface area contributed by atoms with Gasteiger partial charge < -0.3 is 5.32 Å². The Morgan fingerprint density at radius 1 is 1.31 bits per heavy atom. The van der Waals surface area contributed by atoms with E-state index in [-0.39, 0.29) is 0 Å². The van der Waals surface area contributed by atoms with Gasteiger partial charge in [0.05, 0.1) is 6.04 Å². The minimum atomic E-state index is -4.83. The van der Waals surface area contributed by atoms with Gasteiger partial charge in [0.2, 0.25) is 0 Å². The highest BCUT2D eigenvalue weighted by atomic mass is 19.4. The molecule has 1 unspecified atom stereocenters. The van der Waals surface area contributed by atoms with Gasteiger partial charge in [-0.05, 0) is 12.0 Å². The summed E-state index contributed by atoms with van der Waals surface area (Å²) in [6, 6.07) is 7.97. The van der Waals surface area contributed by atoms with E-state index in [1.165, 1.54) is 0 Å². The Hall–Kier alpha value is -1.52. The average molecular weight is 231 g/mol. The standard InChI is InChI=1S/C11H12F3NO/c1-2-9(8-6-4-3-5-7-8)15-10(16)11(12,13)14/h3-7,9H,2H2,1H3,(H,15,16). The molecule has 0 aliphatic carbocycles. The summed E-state index contributed by atoms with van der Waals surface area (Å²) < 4.78 is 36.1. The van der Waals surface area contributed by atoms with E-state index in [0.29, 0.717) is 12.0 Å². The SMILES string of the molecule is CCC(NC(=O)C(F)(F)F)c1ccccc1. The quantitative estimate of drug-likeness (QED) is 0.851. The molecule has 1 aromatic carbocycles. The molecule has 1 amide bonds. The van der Waals surface area contributed by atoms with E-state index in [9.17, 15) is 18.0 Å². The van der Waals surface area contributed by atoms with Gasteiger partial charge in [0.1, 0.15) is 0 Å². The molecule has 1 N–H and O–H groups in total. The first-order valence-corrected chi connectivity index (χ1v) is 4.87. The summed E-state index contributed by atoms with van der Waals surface area (Å²) in [5, 5.41) is 1.96. The fraction of sp³-hybridized carbons (Fsp3) is 0.364. The largest absolute Gasteiger partial charge is 0.471 e. The van der Waals surface area contributed by atoms with Crippen molar-refractivity contribution in [3.8, 4) is 0 Å². The third kappa shape index (κ3) is 3.25. The van der Waals surface area contributed by atoms with E-state index in [4.69, 9.17) is 0 Å². The predicted octanol–water partition coefficient (Wildman–Crippen LogP) is 2.82. The van der Waals surface area contributed by atoms with Gasteiger partial charge in [-0.1, -0.05) is 37.3 Å². The summed E-state index contributed by atoms with van der Waals surface area (Å²) >= 11 is 0. The summed E-state index contributed by atoms with van der Waals surface area (Å²) in [7, 11) is 0. The zero-order valence-corrected chi connectivity index (χ0v) is 8.71. The Morgan fingerprint density at radius 2 is 1.88 bits per heavy atom. The summed E-state index contributed by atoms with van der Waals surface area (Å²) in [6.45, 7) is 1.72. The highest BCUT2D eigenvalue weighted by Gasteiger charge is 2.39. The lowest BCUT2D eigenvalue weighted by molar-refractivity contribution is -0.174. The molecule has 0 aliphatic rings. The molecule has 0 fully saturated rings. The van der Waals surface area contributed by atoms with E-state index < -0.39 is 18.1 Å². The third-order valence-electron chi connectivity index (χ3n) is 2.17. The van der Waals surface area contributed by atoms with Gasteiger partial charge in [-0.2, -0.15) is 13.2 Å². The van der Waals surface area contributed by atoms with Gasteiger partial charge in [-0.25, -0.2) is 0 Å². The molecule has 0 aliphatic heterocycles. The van der Waals surface area contributed by atoms with Crippen molar-refractivity contribution in [1.29, 1.82) is 0 Å². The van der Waals surface area contributed by atoms with E-state index in [0.717, 1.165) is 0 Å². The molecule has 0 heterocycles. The van der Waals surface area contributed by atoms with Crippen LogP contribution in [-0.4, -0.2) is 12.1 Å². The van der Waals surface area contributed by atoms with Crippen molar-refractivity contribution in [1.82, 2.24) is 5.32 Å². The maximum atomic E-state index is 12.0. The predicted molar refractivity (Wildman–Crippen MR) is 53.7 cm³/mol. The van der Waals surface area contributed by atoms with Crippen LogP contribution < -0.4 is 5.32 Å². The van der Waals surface area contributed by atoms with Crippen LogP contribution in [0.5, 0.6) is 0 Å². The zero-order valence-electron chi connectivity index (χ0n) is 8.71. The molecule has 2 nitrogen and oxygen atoms in total. The van der Waals surface area contributed by atoms with Crippen LogP contribution in [0.3, 0.4) is 0 Å². The van der Waals surface area contributed by atoms with Crippen molar-refractivity contribution in [2.75, 3.05) is 0 Å². The number of rotatable bonds is 3. The van der Waals surface area contributed by atoms with Gasteiger partial charge in [0.15, 0.2) is 0 Å². The molecule has 0 bridgehead atoms. The minimum Gasteiger partial charge on any atom is -0.341 e. The van der Waals surface area contributed by atoms with Gasteiger partial charge in [-0.3, -0.25) is 4.79 Å². The number of carbonyl (C=O) groups excluding carboxylic acids is 1. The van der Waals surface area contributed by atoms with Crippen molar-refractivity contribution in [3.63, 3.8) is 0 Å². The van der Waals surface area contributed by atoms with Crippen molar-refractivity contribution >= 4 is 5.91 Å². The van der Waals surface area contributed by atoms with E-state index >= 15 is 0 Å². The molecule has 0 saturated carbocycles. The molecule has 0 saturated heterocycles. The highest BCUT2D eigenvalue weighted by molar-refractivity contribution is 5.82. The van der Waals surface area contributed by atoms with E-state index in [1.54, 1.807) is 37.3 Å². The number of hydrogen-bond acceptors (Lipinski definition) is 1. The van der Waals surface area contributed by atoms with Crippen LogP contribution in [0.15, 0.2) is 30.3 Å². The van der Waals surface area contributed by atoms with Crippen LogP contribution in [0.2, 0.25) is 0 Å². The maximum absolute atomic E-state index is 12.0.